The Hall–Kier alpha value is -0.340. The van der Waals surface area contributed by atoms with Crippen LogP contribution in [0, 0.1) is 5.41 Å². The third-order valence-electron chi connectivity index (χ3n) is 4.93. The van der Waals surface area contributed by atoms with E-state index in [0.717, 1.165) is 12.0 Å². The molecule has 2 heteroatoms. The fourth-order valence-electron chi connectivity index (χ4n) is 3.68. The minimum atomic E-state index is 0.740. The van der Waals surface area contributed by atoms with Gasteiger partial charge in [0.2, 0.25) is 0 Å². The van der Waals surface area contributed by atoms with Gasteiger partial charge in [0.25, 0.3) is 0 Å². The molecular formula is C16H22BrN. The van der Waals surface area contributed by atoms with Crippen LogP contribution in [0.5, 0.6) is 0 Å². The van der Waals surface area contributed by atoms with E-state index in [9.17, 15) is 0 Å². The van der Waals surface area contributed by atoms with Gasteiger partial charge in [-0.15, -0.1) is 0 Å². The van der Waals surface area contributed by atoms with Crippen molar-refractivity contribution in [2.75, 3.05) is 13.1 Å². The minimum absolute atomic E-state index is 0.740. The van der Waals surface area contributed by atoms with Gasteiger partial charge in [-0.2, -0.15) is 0 Å². The summed E-state index contributed by atoms with van der Waals surface area (Å²) >= 11 is 3.66. The molecule has 1 nitrogen and oxygen atoms in total. The molecule has 1 aliphatic heterocycles. The first-order chi connectivity index (χ1) is 8.77. The van der Waals surface area contributed by atoms with Crippen LogP contribution in [0.2, 0.25) is 0 Å². The predicted octanol–water partition coefficient (Wildman–Crippen LogP) is 4.61. The molecule has 0 atom stereocenters. The zero-order valence-corrected chi connectivity index (χ0v) is 12.6. The first kappa shape index (κ1) is 12.7. The van der Waals surface area contributed by atoms with Crippen molar-refractivity contribution in [1.29, 1.82) is 0 Å². The smallest absolute Gasteiger partial charge is 0.0244 e. The molecule has 0 bridgehead atoms. The molecule has 0 radical (unpaired) electrons. The second-order valence-electron chi connectivity index (χ2n) is 6.07. The predicted molar refractivity (Wildman–Crippen MR) is 79.6 cm³/mol. The van der Waals surface area contributed by atoms with E-state index in [1.807, 2.05) is 0 Å². The Kier molecular flexibility index (Phi) is 3.76. The number of halogens is 1. The number of rotatable bonds is 2. The molecule has 2 aliphatic rings. The van der Waals surface area contributed by atoms with Gasteiger partial charge >= 0.3 is 0 Å². The zero-order valence-electron chi connectivity index (χ0n) is 11.0. The van der Waals surface area contributed by atoms with Crippen LogP contribution < -0.4 is 0 Å². The van der Waals surface area contributed by atoms with Crippen LogP contribution in [0.3, 0.4) is 0 Å². The van der Waals surface area contributed by atoms with E-state index in [1.54, 1.807) is 0 Å². The van der Waals surface area contributed by atoms with Crippen molar-refractivity contribution in [3.05, 3.63) is 34.3 Å². The molecule has 0 aromatic heterocycles. The van der Waals surface area contributed by atoms with Gasteiger partial charge in [-0.3, -0.25) is 4.90 Å². The molecule has 1 spiro atoms. The number of hydrogen-bond donors (Lipinski definition) is 0. The molecule has 0 unspecified atom stereocenters. The quantitative estimate of drug-likeness (QED) is 0.771. The maximum atomic E-state index is 3.66. The summed E-state index contributed by atoms with van der Waals surface area (Å²) in [5, 5.41) is 0. The highest BCUT2D eigenvalue weighted by Crippen LogP contribution is 2.46. The van der Waals surface area contributed by atoms with E-state index in [2.05, 4.69) is 45.1 Å². The Labute approximate surface area is 119 Å². The second kappa shape index (κ2) is 5.34. The highest BCUT2D eigenvalue weighted by Gasteiger charge is 2.36. The fourth-order valence-corrected chi connectivity index (χ4v) is 4.09. The topological polar surface area (TPSA) is 3.24 Å². The molecule has 18 heavy (non-hydrogen) atoms. The molecule has 0 amide bonds. The molecule has 3 rings (SSSR count). The monoisotopic (exact) mass is 307 g/mol. The van der Waals surface area contributed by atoms with Crippen LogP contribution in [0.1, 0.15) is 44.1 Å². The first-order valence-electron chi connectivity index (χ1n) is 7.23. The lowest BCUT2D eigenvalue weighted by Gasteiger charge is -2.39. The van der Waals surface area contributed by atoms with E-state index in [1.165, 1.54) is 61.7 Å². The average molecular weight is 308 g/mol. The van der Waals surface area contributed by atoms with E-state index in [-0.39, 0.29) is 0 Å². The lowest BCUT2D eigenvalue weighted by atomic mass is 9.77. The number of hydrogen-bond acceptors (Lipinski definition) is 1. The van der Waals surface area contributed by atoms with Crippen molar-refractivity contribution < 1.29 is 0 Å². The molecule has 1 saturated heterocycles. The SMILES string of the molecule is Brc1ccccc1CN1CCC2(CCCC2)CC1. The van der Waals surface area contributed by atoms with Crippen molar-refractivity contribution in [2.45, 2.75) is 45.1 Å². The van der Waals surface area contributed by atoms with Crippen LogP contribution in [-0.4, -0.2) is 18.0 Å². The van der Waals surface area contributed by atoms with Crippen LogP contribution in [0.4, 0.5) is 0 Å². The third kappa shape index (κ3) is 2.65. The molecule has 98 valence electrons. The van der Waals surface area contributed by atoms with E-state index in [0.29, 0.717) is 0 Å². The number of benzene rings is 1. The summed E-state index contributed by atoms with van der Waals surface area (Å²) in [5.74, 6) is 0. The molecule has 0 N–H and O–H groups in total. The van der Waals surface area contributed by atoms with Gasteiger partial charge in [-0.25, -0.2) is 0 Å². The molecule has 1 aliphatic carbocycles. The Bertz CT molecular complexity index is 399. The van der Waals surface area contributed by atoms with E-state index in [4.69, 9.17) is 0 Å². The normalized spacial score (nSPS) is 23.6. The van der Waals surface area contributed by atoms with Crippen molar-refractivity contribution in [1.82, 2.24) is 4.90 Å². The molecule has 2 fully saturated rings. The second-order valence-corrected chi connectivity index (χ2v) is 6.93. The maximum absolute atomic E-state index is 3.66. The molecule has 1 heterocycles. The van der Waals surface area contributed by atoms with Gasteiger partial charge in [0.1, 0.15) is 0 Å². The third-order valence-corrected chi connectivity index (χ3v) is 5.71. The van der Waals surface area contributed by atoms with Crippen molar-refractivity contribution >= 4 is 15.9 Å². The Morgan fingerprint density at radius 2 is 1.67 bits per heavy atom. The highest BCUT2D eigenvalue weighted by atomic mass is 79.9. The fraction of sp³-hybridized carbons (Fsp3) is 0.625. The summed E-state index contributed by atoms with van der Waals surface area (Å²) in [6.07, 6.45) is 8.80. The zero-order chi connectivity index (χ0) is 12.4. The summed E-state index contributed by atoms with van der Waals surface area (Å²) < 4.78 is 1.26. The van der Waals surface area contributed by atoms with Gasteiger partial charge in [0.05, 0.1) is 0 Å². The van der Waals surface area contributed by atoms with Crippen LogP contribution in [-0.2, 0) is 6.54 Å². The van der Waals surface area contributed by atoms with Crippen LogP contribution in [0.15, 0.2) is 28.7 Å². The summed E-state index contributed by atoms with van der Waals surface area (Å²) in [7, 11) is 0. The summed E-state index contributed by atoms with van der Waals surface area (Å²) in [6, 6.07) is 8.63. The van der Waals surface area contributed by atoms with Crippen LogP contribution >= 0.6 is 15.9 Å². The Morgan fingerprint density at radius 3 is 2.33 bits per heavy atom. The first-order valence-corrected chi connectivity index (χ1v) is 8.03. The minimum Gasteiger partial charge on any atom is -0.299 e. The van der Waals surface area contributed by atoms with Gasteiger partial charge in [0.15, 0.2) is 0 Å². The van der Waals surface area contributed by atoms with Gasteiger partial charge in [-0.05, 0) is 55.8 Å². The van der Waals surface area contributed by atoms with Gasteiger partial charge < -0.3 is 0 Å². The van der Waals surface area contributed by atoms with Crippen molar-refractivity contribution in [3.8, 4) is 0 Å². The van der Waals surface area contributed by atoms with Crippen LogP contribution in [0.25, 0.3) is 0 Å². The maximum Gasteiger partial charge on any atom is 0.0244 e. The molecular weight excluding hydrogens is 286 g/mol. The van der Waals surface area contributed by atoms with Gasteiger partial charge in [-0.1, -0.05) is 47.0 Å². The summed E-state index contributed by atoms with van der Waals surface area (Å²) in [5.41, 5.74) is 2.17. The number of likely N-dealkylation sites (tertiary alicyclic amines) is 1. The van der Waals surface area contributed by atoms with Crippen molar-refractivity contribution in [2.24, 2.45) is 5.41 Å². The lowest BCUT2D eigenvalue weighted by molar-refractivity contribution is 0.103. The Balaban J connectivity index is 1.59. The molecule has 1 aromatic rings. The van der Waals surface area contributed by atoms with E-state index >= 15 is 0 Å². The lowest BCUT2D eigenvalue weighted by Crippen LogP contribution is -2.38. The average Bonchev–Trinajstić information content (AvgIpc) is 2.84. The standard InChI is InChI=1S/C16H22BrN/c17-15-6-2-1-5-14(15)13-18-11-9-16(10-12-18)7-3-4-8-16/h1-2,5-6H,3-4,7-13H2. The van der Waals surface area contributed by atoms with Crippen molar-refractivity contribution in [3.63, 3.8) is 0 Å². The van der Waals surface area contributed by atoms with E-state index < -0.39 is 0 Å². The highest BCUT2D eigenvalue weighted by molar-refractivity contribution is 9.10. The molecule has 1 saturated carbocycles. The van der Waals surface area contributed by atoms with Gasteiger partial charge in [0, 0.05) is 11.0 Å². The summed E-state index contributed by atoms with van der Waals surface area (Å²) in [4.78, 5) is 2.63. The molecule has 1 aromatic carbocycles. The summed E-state index contributed by atoms with van der Waals surface area (Å²) in [6.45, 7) is 3.69. The largest absolute Gasteiger partial charge is 0.299 e. The number of nitrogens with zero attached hydrogens (tertiary/aromatic N) is 1. The Morgan fingerprint density at radius 1 is 1.00 bits per heavy atom. The number of piperidine rings is 1.